The van der Waals surface area contributed by atoms with Gasteiger partial charge in [0.15, 0.2) is 5.13 Å². The first-order valence-corrected chi connectivity index (χ1v) is 16.9. The molecule has 2 fully saturated rings. The van der Waals surface area contributed by atoms with Crippen LogP contribution in [0.3, 0.4) is 0 Å². The van der Waals surface area contributed by atoms with Crippen molar-refractivity contribution in [1.29, 1.82) is 0 Å². The van der Waals surface area contributed by atoms with Crippen LogP contribution >= 0.6 is 34.5 Å². The third-order valence-corrected chi connectivity index (χ3v) is 10.2. The lowest BCUT2D eigenvalue weighted by atomic mass is 9.99. The molecule has 2 aliphatic rings. The molecule has 1 aromatic heterocycles. The number of phenolic OH excluding ortho intramolecular Hbond substituents is 1. The summed E-state index contributed by atoms with van der Waals surface area (Å²) in [6, 6.07) is 16.6. The molecule has 2 saturated heterocycles. The SMILES string of the molecule is CCCN(C(=O)NCc1ccc(Cl)c(Cl)c1)N1CC(=O)N2[C@@H](Cc3ccc(O)cc3)C(=O)N(Cc3cccc4sc(NC)nc34)C[C@@H]21. The number of hydrazine groups is 1. The summed E-state index contributed by atoms with van der Waals surface area (Å²) in [5.41, 5.74) is 3.30. The van der Waals surface area contributed by atoms with Crippen LogP contribution in [0.25, 0.3) is 10.2 Å². The maximum absolute atomic E-state index is 14.3. The first-order valence-electron chi connectivity index (χ1n) is 15.4. The van der Waals surface area contributed by atoms with Crippen molar-refractivity contribution >= 4 is 67.7 Å². The van der Waals surface area contributed by atoms with Gasteiger partial charge in [-0.25, -0.2) is 9.78 Å². The minimum absolute atomic E-state index is 0.0503. The van der Waals surface area contributed by atoms with Gasteiger partial charge in [-0.05, 0) is 53.4 Å². The summed E-state index contributed by atoms with van der Waals surface area (Å²) in [6.45, 7) is 2.99. The Balaban J connectivity index is 1.31. The molecule has 11 nitrogen and oxygen atoms in total. The highest BCUT2D eigenvalue weighted by molar-refractivity contribution is 7.22. The van der Waals surface area contributed by atoms with Gasteiger partial charge in [0, 0.05) is 33.1 Å². The summed E-state index contributed by atoms with van der Waals surface area (Å²) < 4.78 is 1.00. The number of phenols is 1. The second kappa shape index (κ2) is 13.9. The van der Waals surface area contributed by atoms with Crippen molar-refractivity contribution in [1.82, 2.24) is 30.1 Å². The predicted molar refractivity (Wildman–Crippen MR) is 183 cm³/mol. The third kappa shape index (κ3) is 6.82. The highest BCUT2D eigenvalue weighted by Crippen LogP contribution is 2.33. The number of halogens is 2. The van der Waals surface area contributed by atoms with E-state index < -0.39 is 12.2 Å². The van der Waals surface area contributed by atoms with Crippen LogP contribution in [0, 0.1) is 0 Å². The lowest BCUT2D eigenvalue weighted by Crippen LogP contribution is -2.66. The molecule has 14 heteroatoms. The highest BCUT2D eigenvalue weighted by Gasteiger charge is 2.52. The first-order chi connectivity index (χ1) is 22.7. The molecular weight excluding hydrogens is 661 g/mol. The Labute approximate surface area is 286 Å². The topological polar surface area (TPSA) is 121 Å². The van der Waals surface area contributed by atoms with Gasteiger partial charge in [-0.2, -0.15) is 5.01 Å². The van der Waals surface area contributed by atoms with Crippen molar-refractivity contribution in [2.45, 2.75) is 45.1 Å². The van der Waals surface area contributed by atoms with Crippen molar-refractivity contribution in [3.8, 4) is 5.75 Å². The van der Waals surface area contributed by atoms with Gasteiger partial charge >= 0.3 is 6.03 Å². The van der Waals surface area contributed by atoms with E-state index in [2.05, 4.69) is 10.6 Å². The number of benzene rings is 3. The fourth-order valence-electron chi connectivity index (χ4n) is 6.17. The molecule has 0 unspecified atom stereocenters. The molecule has 2 aliphatic heterocycles. The lowest BCUT2D eigenvalue weighted by Gasteiger charge is -2.46. The van der Waals surface area contributed by atoms with Gasteiger partial charge in [0.25, 0.3) is 0 Å². The van der Waals surface area contributed by atoms with Gasteiger partial charge < -0.3 is 25.5 Å². The average Bonchev–Trinajstić information content (AvgIpc) is 3.64. The Bertz CT molecular complexity index is 1800. The molecule has 3 aromatic carbocycles. The molecule has 0 radical (unpaired) electrons. The smallest absolute Gasteiger partial charge is 0.332 e. The molecular formula is C33H35Cl2N7O4S. The van der Waals surface area contributed by atoms with Crippen LogP contribution < -0.4 is 10.6 Å². The molecule has 0 saturated carbocycles. The molecule has 4 aromatic rings. The minimum atomic E-state index is -0.805. The number of nitrogens with zero attached hydrogens (tertiary/aromatic N) is 5. The summed E-state index contributed by atoms with van der Waals surface area (Å²) in [5, 5.41) is 20.9. The van der Waals surface area contributed by atoms with Gasteiger partial charge in [0.2, 0.25) is 11.8 Å². The van der Waals surface area contributed by atoms with Crippen molar-refractivity contribution in [2.24, 2.45) is 0 Å². The fraction of sp³-hybridized carbons (Fsp3) is 0.333. The van der Waals surface area contributed by atoms with Crippen LogP contribution in [0.2, 0.25) is 10.0 Å². The van der Waals surface area contributed by atoms with Gasteiger partial charge in [-0.15, -0.1) is 0 Å². The molecule has 2 atom stereocenters. The number of hydrogen-bond acceptors (Lipinski definition) is 8. The number of aromatic hydroxyl groups is 1. The molecule has 3 N–H and O–H groups in total. The van der Waals surface area contributed by atoms with Crippen molar-refractivity contribution in [3.63, 3.8) is 0 Å². The van der Waals surface area contributed by atoms with Gasteiger partial charge in [0.05, 0.1) is 33.4 Å². The molecule has 0 spiro atoms. The molecule has 4 amide bonds. The number of hydrogen-bond donors (Lipinski definition) is 3. The summed E-state index contributed by atoms with van der Waals surface area (Å²) in [6.07, 6.45) is 0.331. The van der Waals surface area contributed by atoms with E-state index in [9.17, 15) is 19.5 Å². The molecule has 47 heavy (non-hydrogen) atoms. The Hall–Kier alpha value is -4.10. The quantitative estimate of drug-likeness (QED) is 0.206. The van der Waals surface area contributed by atoms with Crippen LogP contribution in [-0.4, -0.2) is 86.6 Å². The van der Waals surface area contributed by atoms with Crippen molar-refractivity contribution in [3.05, 3.63) is 87.4 Å². The van der Waals surface area contributed by atoms with Gasteiger partial charge in [0.1, 0.15) is 18.0 Å². The maximum atomic E-state index is 14.3. The normalized spacial score (nSPS) is 18.1. The molecule has 3 heterocycles. The Morgan fingerprint density at radius 1 is 1.09 bits per heavy atom. The molecule has 0 aliphatic carbocycles. The standard InChI is InChI=1S/C33H35Cl2N7O4S/c1-3-13-40(33(46)37-16-21-9-12-24(34)25(35)14-21)41-19-29(44)42-26(15-20-7-10-23(43)11-8-20)31(45)39(18-28(41)42)17-22-5-4-6-27-30(22)38-32(36-2)47-27/h4-12,14,26,28,43H,3,13,15-19H2,1-2H3,(H,36,38)(H,37,46)/t26-,28+/m0/s1. The monoisotopic (exact) mass is 695 g/mol. The summed E-state index contributed by atoms with van der Waals surface area (Å²) in [5.74, 6) is -0.298. The summed E-state index contributed by atoms with van der Waals surface area (Å²) in [4.78, 5) is 49.8. The predicted octanol–water partition coefficient (Wildman–Crippen LogP) is 5.31. The Morgan fingerprint density at radius 2 is 1.85 bits per heavy atom. The summed E-state index contributed by atoms with van der Waals surface area (Å²) in [7, 11) is 1.82. The Morgan fingerprint density at radius 3 is 2.57 bits per heavy atom. The number of carbonyl (C=O) groups excluding carboxylic acids is 3. The molecule has 246 valence electrons. The van der Waals surface area contributed by atoms with E-state index in [0.29, 0.717) is 29.6 Å². The molecule has 6 rings (SSSR count). The highest BCUT2D eigenvalue weighted by atomic mass is 35.5. The third-order valence-electron chi connectivity index (χ3n) is 8.42. The van der Waals surface area contributed by atoms with Crippen LogP contribution in [0.4, 0.5) is 9.93 Å². The number of aromatic nitrogens is 1. The average molecular weight is 697 g/mol. The fourth-order valence-corrected chi connectivity index (χ4v) is 7.36. The zero-order valence-corrected chi connectivity index (χ0v) is 28.3. The largest absolute Gasteiger partial charge is 0.508 e. The number of thiazole rings is 1. The van der Waals surface area contributed by atoms with Crippen LogP contribution in [0.15, 0.2) is 60.7 Å². The van der Waals surface area contributed by atoms with E-state index in [0.717, 1.165) is 32.0 Å². The second-order valence-corrected chi connectivity index (χ2v) is 13.4. The second-order valence-electron chi connectivity index (χ2n) is 11.5. The number of urea groups is 1. The number of piperazine rings is 1. The number of amides is 4. The zero-order chi connectivity index (χ0) is 33.2. The number of para-hydroxylation sites is 1. The molecule has 0 bridgehead atoms. The number of anilines is 1. The van der Waals surface area contributed by atoms with E-state index in [-0.39, 0.29) is 49.7 Å². The number of carbonyl (C=O) groups is 3. The van der Waals surface area contributed by atoms with Crippen molar-refractivity contribution in [2.75, 3.05) is 32.0 Å². The number of nitrogens with one attached hydrogen (secondary N) is 2. The van der Waals surface area contributed by atoms with Crippen molar-refractivity contribution < 1.29 is 19.5 Å². The Kier molecular flexibility index (Phi) is 9.74. The van der Waals surface area contributed by atoms with E-state index in [1.807, 2.05) is 32.2 Å². The maximum Gasteiger partial charge on any atom is 0.332 e. The lowest BCUT2D eigenvalue weighted by molar-refractivity contribution is -0.157. The number of fused-ring (bicyclic) bond motifs is 2. The van der Waals surface area contributed by atoms with Crippen LogP contribution in [0.1, 0.15) is 30.0 Å². The van der Waals surface area contributed by atoms with Gasteiger partial charge in [-0.1, -0.05) is 71.8 Å². The number of rotatable bonds is 10. The van der Waals surface area contributed by atoms with Crippen LogP contribution in [0.5, 0.6) is 5.75 Å². The van der Waals surface area contributed by atoms with E-state index >= 15 is 0 Å². The minimum Gasteiger partial charge on any atom is -0.508 e. The van der Waals surface area contributed by atoms with Gasteiger partial charge in [-0.3, -0.25) is 14.6 Å². The summed E-state index contributed by atoms with van der Waals surface area (Å²) >= 11 is 13.8. The van der Waals surface area contributed by atoms with E-state index in [1.54, 1.807) is 62.3 Å². The van der Waals surface area contributed by atoms with E-state index in [1.165, 1.54) is 11.3 Å². The van der Waals surface area contributed by atoms with Crippen LogP contribution in [-0.2, 0) is 29.1 Å². The first kappa shape index (κ1) is 32.8. The zero-order valence-electron chi connectivity index (χ0n) is 26.0. The van der Waals surface area contributed by atoms with E-state index in [4.69, 9.17) is 28.2 Å².